The first-order valence-corrected chi connectivity index (χ1v) is 16.0. The first-order valence-electron chi connectivity index (χ1n) is 16.0. The lowest BCUT2D eigenvalue weighted by atomic mass is 9.97. The number of hydrogen-bond donors (Lipinski definition) is 2. The highest BCUT2D eigenvalue weighted by Crippen LogP contribution is 2.25. The number of ether oxygens (including phenoxy) is 2. The zero-order valence-electron chi connectivity index (χ0n) is 29.0. The molecule has 0 spiro atoms. The topological polar surface area (TPSA) is 114 Å². The van der Waals surface area contributed by atoms with Crippen LogP contribution in [-0.4, -0.2) is 58.6 Å². The van der Waals surface area contributed by atoms with Crippen LogP contribution in [0.4, 0.5) is 4.79 Å². The number of nitrogens with one attached hydrogen (secondary N) is 2. The maximum atomic E-state index is 14.4. The summed E-state index contributed by atoms with van der Waals surface area (Å²) in [6.45, 7) is 20.3. The molecule has 3 amide bonds. The van der Waals surface area contributed by atoms with Gasteiger partial charge in [-0.3, -0.25) is 9.59 Å². The van der Waals surface area contributed by atoms with Crippen molar-refractivity contribution in [3.05, 3.63) is 83.9 Å². The lowest BCUT2D eigenvalue weighted by Gasteiger charge is -2.35. The summed E-state index contributed by atoms with van der Waals surface area (Å²) in [7, 11) is 0. The average molecular weight is 636 g/mol. The van der Waals surface area contributed by atoms with Crippen LogP contribution in [0.5, 0.6) is 0 Å². The van der Waals surface area contributed by atoms with Gasteiger partial charge < -0.3 is 25.0 Å². The number of esters is 1. The summed E-state index contributed by atoms with van der Waals surface area (Å²) in [5.74, 6) is -1.59. The summed E-state index contributed by atoms with van der Waals surface area (Å²) in [5.41, 5.74) is 0.890. The van der Waals surface area contributed by atoms with E-state index in [0.717, 1.165) is 17.5 Å². The Morgan fingerprint density at radius 2 is 1.41 bits per heavy atom. The van der Waals surface area contributed by atoms with Crippen LogP contribution in [0.1, 0.15) is 91.5 Å². The largest absolute Gasteiger partial charge is 0.458 e. The van der Waals surface area contributed by atoms with E-state index >= 15 is 0 Å². The Balaban J connectivity index is 2.60. The van der Waals surface area contributed by atoms with Crippen molar-refractivity contribution in [3.63, 3.8) is 0 Å². The highest BCUT2D eigenvalue weighted by Gasteiger charge is 2.38. The molecule has 0 heterocycles. The summed E-state index contributed by atoms with van der Waals surface area (Å²) in [4.78, 5) is 56.4. The molecule has 9 nitrogen and oxygen atoms in total. The third-order valence-corrected chi connectivity index (χ3v) is 6.86. The molecule has 0 saturated carbocycles. The second-order valence-electron chi connectivity index (χ2n) is 13.9. The van der Waals surface area contributed by atoms with E-state index in [-0.39, 0.29) is 18.9 Å². The standard InChI is InChI=1S/C37H53N3O6/c1-11-22-40(33(42)29(23-25(3)4)39-35(44)46-37(8,9)10)31(28-20-18-26(12-2)19-21-28)32(41)38-30(34(43)45-36(5,6)7)24-27-16-14-13-15-17-27/h11,13-21,25,29-31H,1,12,22-24H2,2-10H3,(H,38,41)(H,39,44). The molecule has 0 saturated heterocycles. The van der Waals surface area contributed by atoms with Crippen molar-refractivity contribution in [2.45, 2.75) is 111 Å². The Bertz CT molecular complexity index is 1310. The number of alkyl carbamates (subject to hydrolysis) is 1. The van der Waals surface area contributed by atoms with E-state index in [4.69, 9.17) is 9.47 Å². The van der Waals surface area contributed by atoms with Gasteiger partial charge in [0.15, 0.2) is 0 Å². The van der Waals surface area contributed by atoms with E-state index in [1.807, 2.05) is 75.4 Å². The van der Waals surface area contributed by atoms with E-state index in [1.165, 1.54) is 11.0 Å². The van der Waals surface area contributed by atoms with Gasteiger partial charge in [-0.2, -0.15) is 0 Å². The predicted molar refractivity (Wildman–Crippen MR) is 181 cm³/mol. The van der Waals surface area contributed by atoms with Gasteiger partial charge in [-0.05, 0) is 77.0 Å². The molecule has 0 radical (unpaired) electrons. The normalized spacial score (nSPS) is 13.6. The molecule has 0 fully saturated rings. The molecule has 0 aromatic heterocycles. The van der Waals surface area contributed by atoms with E-state index in [1.54, 1.807) is 41.5 Å². The molecule has 252 valence electrons. The van der Waals surface area contributed by atoms with Gasteiger partial charge in [-0.25, -0.2) is 9.59 Å². The van der Waals surface area contributed by atoms with Gasteiger partial charge in [-0.15, -0.1) is 6.58 Å². The number of benzene rings is 2. The minimum absolute atomic E-state index is 0.00678. The number of amides is 3. The van der Waals surface area contributed by atoms with Crippen LogP contribution in [0, 0.1) is 5.92 Å². The van der Waals surface area contributed by atoms with Gasteiger partial charge in [0.25, 0.3) is 0 Å². The molecule has 0 bridgehead atoms. The van der Waals surface area contributed by atoms with Crippen molar-refractivity contribution in [2.24, 2.45) is 5.92 Å². The van der Waals surface area contributed by atoms with Crippen LogP contribution >= 0.6 is 0 Å². The van der Waals surface area contributed by atoms with Crippen molar-refractivity contribution in [1.82, 2.24) is 15.5 Å². The molecule has 0 aliphatic carbocycles. The number of hydrogen-bond acceptors (Lipinski definition) is 6. The number of carbonyl (C=O) groups is 4. The fourth-order valence-corrected chi connectivity index (χ4v) is 4.88. The third-order valence-electron chi connectivity index (χ3n) is 6.86. The molecule has 0 aliphatic rings. The second kappa shape index (κ2) is 17.0. The predicted octanol–water partition coefficient (Wildman–Crippen LogP) is 6.31. The molecule has 3 atom stereocenters. The molecule has 2 N–H and O–H groups in total. The van der Waals surface area contributed by atoms with Crippen molar-refractivity contribution in [3.8, 4) is 0 Å². The van der Waals surface area contributed by atoms with Crippen LogP contribution in [-0.2, 0) is 36.7 Å². The fraction of sp³-hybridized carbons (Fsp3) is 0.514. The average Bonchev–Trinajstić information content (AvgIpc) is 2.94. The zero-order chi connectivity index (χ0) is 34.7. The lowest BCUT2D eigenvalue weighted by Crippen LogP contribution is -2.55. The second-order valence-corrected chi connectivity index (χ2v) is 13.9. The van der Waals surface area contributed by atoms with Crippen LogP contribution in [0.15, 0.2) is 67.3 Å². The third kappa shape index (κ3) is 12.7. The van der Waals surface area contributed by atoms with Gasteiger partial charge in [-0.1, -0.05) is 81.4 Å². The van der Waals surface area contributed by atoms with Crippen molar-refractivity contribution in [1.29, 1.82) is 0 Å². The number of rotatable bonds is 14. The zero-order valence-corrected chi connectivity index (χ0v) is 29.0. The van der Waals surface area contributed by atoms with E-state index in [9.17, 15) is 19.2 Å². The fourth-order valence-electron chi connectivity index (χ4n) is 4.88. The lowest BCUT2D eigenvalue weighted by molar-refractivity contribution is -0.159. The van der Waals surface area contributed by atoms with Crippen LogP contribution in [0.3, 0.4) is 0 Å². The van der Waals surface area contributed by atoms with Gasteiger partial charge >= 0.3 is 12.1 Å². The number of carbonyl (C=O) groups excluding carboxylic acids is 4. The maximum Gasteiger partial charge on any atom is 0.408 e. The summed E-state index contributed by atoms with van der Waals surface area (Å²) in [6, 6.07) is 13.6. The molecule has 3 unspecified atom stereocenters. The summed E-state index contributed by atoms with van der Waals surface area (Å²) in [6.07, 6.45) is 2.10. The van der Waals surface area contributed by atoms with E-state index in [0.29, 0.717) is 12.0 Å². The maximum absolute atomic E-state index is 14.4. The van der Waals surface area contributed by atoms with Crippen LogP contribution in [0.2, 0.25) is 0 Å². The van der Waals surface area contributed by atoms with Gasteiger partial charge in [0.1, 0.15) is 29.3 Å². The molecule has 2 aromatic rings. The first-order chi connectivity index (χ1) is 21.4. The Kier molecular flexibility index (Phi) is 14.0. The van der Waals surface area contributed by atoms with Gasteiger partial charge in [0.05, 0.1) is 0 Å². The molecule has 2 rings (SSSR count). The van der Waals surface area contributed by atoms with Gasteiger partial charge in [0.2, 0.25) is 11.8 Å². The van der Waals surface area contributed by atoms with Crippen molar-refractivity contribution < 1.29 is 28.7 Å². The van der Waals surface area contributed by atoms with E-state index < -0.39 is 53.2 Å². The summed E-state index contributed by atoms with van der Waals surface area (Å²) in [5, 5.41) is 5.64. The Morgan fingerprint density at radius 3 is 1.91 bits per heavy atom. The van der Waals surface area contributed by atoms with Gasteiger partial charge in [0, 0.05) is 13.0 Å². The van der Waals surface area contributed by atoms with Crippen molar-refractivity contribution in [2.75, 3.05) is 6.54 Å². The molecule has 9 heteroatoms. The molecule has 0 aliphatic heterocycles. The summed E-state index contributed by atoms with van der Waals surface area (Å²) < 4.78 is 11.2. The quantitative estimate of drug-likeness (QED) is 0.186. The Morgan fingerprint density at radius 1 is 0.826 bits per heavy atom. The molecule has 46 heavy (non-hydrogen) atoms. The minimum Gasteiger partial charge on any atom is -0.458 e. The molecule has 2 aromatic carbocycles. The molecular weight excluding hydrogens is 582 g/mol. The molecular formula is C37H53N3O6. The number of nitrogens with zero attached hydrogens (tertiary/aromatic N) is 1. The highest BCUT2D eigenvalue weighted by molar-refractivity contribution is 5.94. The summed E-state index contributed by atoms with van der Waals surface area (Å²) >= 11 is 0. The van der Waals surface area contributed by atoms with E-state index in [2.05, 4.69) is 17.2 Å². The minimum atomic E-state index is -1.15. The first kappa shape index (κ1) is 38.0. The van der Waals surface area contributed by atoms with Crippen LogP contribution in [0.25, 0.3) is 0 Å². The van der Waals surface area contributed by atoms with Crippen LogP contribution < -0.4 is 10.6 Å². The smallest absolute Gasteiger partial charge is 0.408 e. The SMILES string of the molecule is C=CCN(C(=O)C(CC(C)C)NC(=O)OC(C)(C)C)C(C(=O)NC(Cc1ccccc1)C(=O)OC(C)(C)C)c1ccc(CC)cc1. The number of aryl methyl sites for hydroxylation is 1. The van der Waals surface area contributed by atoms with Crippen molar-refractivity contribution >= 4 is 23.9 Å². The monoisotopic (exact) mass is 635 g/mol. The Labute approximate surface area is 275 Å². The Hall–Kier alpha value is -4.14. The highest BCUT2D eigenvalue weighted by atomic mass is 16.6.